The average molecular weight is 443 g/mol. The van der Waals surface area contributed by atoms with Gasteiger partial charge in [0.1, 0.15) is 5.82 Å². The van der Waals surface area contributed by atoms with E-state index in [1.165, 1.54) is 6.92 Å². The van der Waals surface area contributed by atoms with Crippen LogP contribution in [0.3, 0.4) is 0 Å². The van der Waals surface area contributed by atoms with Crippen molar-refractivity contribution < 1.29 is 17.7 Å². The first-order chi connectivity index (χ1) is 15.4. The zero-order valence-electron chi connectivity index (χ0n) is 17.6. The molecule has 2 fully saturated rings. The molecule has 3 aromatic heterocycles. The molecule has 0 amide bonds. The molecular weight excluding hydrogens is 423 g/mol. The lowest BCUT2D eigenvalue weighted by Crippen LogP contribution is -2.45. The van der Waals surface area contributed by atoms with E-state index in [1.807, 2.05) is 11.9 Å². The molecule has 2 aliphatic rings. The highest BCUT2D eigenvalue weighted by Crippen LogP contribution is 2.40. The standard InChI is InChI=1S/C21H20F3N7O/c1-10-14-13(9-12(22)15(10)23)31-19(27-18(14)30-7-5-29(2)6-8-30)16(25-21(31)24)20-26-17(28-32-20)11-3-4-11/h9,11H,3-8H2,1-2H3. The highest BCUT2D eigenvalue weighted by atomic mass is 19.2. The van der Waals surface area contributed by atoms with Crippen LogP contribution < -0.4 is 4.90 Å². The van der Waals surface area contributed by atoms with E-state index in [0.29, 0.717) is 30.1 Å². The third-order valence-electron chi connectivity index (χ3n) is 6.31. The highest BCUT2D eigenvalue weighted by molar-refractivity contribution is 5.96. The molecule has 166 valence electrons. The topological polar surface area (TPSA) is 75.6 Å². The van der Waals surface area contributed by atoms with Gasteiger partial charge in [-0.1, -0.05) is 5.16 Å². The van der Waals surface area contributed by atoms with Crippen molar-refractivity contribution in [3.63, 3.8) is 0 Å². The maximum atomic E-state index is 15.1. The predicted octanol–water partition coefficient (Wildman–Crippen LogP) is 3.29. The summed E-state index contributed by atoms with van der Waals surface area (Å²) in [5.74, 6) is -0.703. The van der Waals surface area contributed by atoms with Gasteiger partial charge in [0.2, 0.25) is 0 Å². The van der Waals surface area contributed by atoms with E-state index < -0.39 is 17.7 Å². The number of benzene rings is 1. The molecule has 11 heteroatoms. The van der Waals surface area contributed by atoms with Gasteiger partial charge in [-0.05, 0) is 26.8 Å². The number of rotatable bonds is 3. The number of anilines is 1. The Morgan fingerprint density at radius 2 is 1.78 bits per heavy atom. The first-order valence-corrected chi connectivity index (χ1v) is 10.6. The number of nitrogens with zero attached hydrogens (tertiary/aromatic N) is 7. The average Bonchev–Trinajstić information content (AvgIpc) is 3.42. The normalized spacial score (nSPS) is 17.7. The van der Waals surface area contributed by atoms with Gasteiger partial charge < -0.3 is 14.3 Å². The molecule has 6 rings (SSSR count). The van der Waals surface area contributed by atoms with Crippen molar-refractivity contribution in [2.45, 2.75) is 25.7 Å². The van der Waals surface area contributed by atoms with Crippen LogP contribution in [0.5, 0.6) is 0 Å². The second-order valence-electron chi connectivity index (χ2n) is 8.54. The Morgan fingerprint density at radius 3 is 2.50 bits per heavy atom. The van der Waals surface area contributed by atoms with Crippen LogP contribution >= 0.6 is 0 Å². The van der Waals surface area contributed by atoms with E-state index in [4.69, 9.17) is 9.51 Å². The van der Waals surface area contributed by atoms with Crippen molar-refractivity contribution in [3.8, 4) is 11.6 Å². The molecule has 8 nitrogen and oxygen atoms in total. The lowest BCUT2D eigenvalue weighted by atomic mass is 10.1. The highest BCUT2D eigenvalue weighted by Gasteiger charge is 2.31. The van der Waals surface area contributed by atoms with Crippen molar-refractivity contribution in [3.05, 3.63) is 35.2 Å². The molecule has 0 radical (unpaired) electrons. The fourth-order valence-electron chi connectivity index (χ4n) is 4.28. The largest absolute Gasteiger partial charge is 0.353 e. The third-order valence-corrected chi connectivity index (χ3v) is 6.31. The number of aromatic nitrogens is 5. The molecule has 0 bridgehead atoms. The smallest absolute Gasteiger partial charge is 0.296 e. The quantitative estimate of drug-likeness (QED) is 0.481. The zero-order chi connectivity index (χ0) is 22.1. The summed E-state index contributed by atoms with van der Waals surface area (Å²) in [5.41, 5.74) is 0.437. The Hall–Kier alpha value is -3.21. The van der Waals surface area contributed by atoms with Gasteiger partial charge in [0.15, 0.2) is 28.8 Å². The Bertz CT molecular complexity index is 1370. The van der Waals surface area contributed by atoms with Crippen molar-refractivity contribution >= 4 is 22.4 Å². The zero-order valence-corrected chi connectivity index (χ0v) is 17.6. The maximum absolute atomic E-state index is 15.1. The molecule has 1 saturated carbocycles. The van der Waals surface area contributed by atoms with Gasteiger partial charge in [-0.2, -0.15) is 14.4 Å². The summed E-state index contributed by atoms with van der Waals surface area (Å²) >= 11 is 0. The lowest BCUT2D eigenvalue weighted by Gasteiger charge is -2.34. The molecule has 1 aliphatic heterocycles. The number of piperazine rings is 1. The van der Waals surface area contributed by atoms with Crippen LogP contribution in [-0.2, 0) is 0 Å². The minimum atomic E-state index is -1.06. The van der Waals surface area contributed by atoms with E-state index in [-0.39, 0.29) is 34.2 Å². The van der Waals surface area contributed by atoms with Crippen LogP contribution in [0, 0.1) is 24.6 Å². The van der Waals surface area contributed by atoms with Gasteiger partial charge in [-0.3, -0.25) is 4.40 Å². The minimum absolute atomic E-state index is 0.0591. The molecule has 4 aromatic rings. The van der Waals surface area contributed by atoms with E-state index in [0.717, 1.165) is 36.4 Å². The Labute approximate surface area is 180 Å². The molecule has 4 heterocycles. The van der Waals surface area contributed by atoms with Crippen LogP contribution in [0.15, 0.2) is 10.6 Å². The fraction of sp³-hybridized carbons (Fsp3) is 0.429. The second kappa shape index (κ2) is 6.89. The maximum Gasteiger partial charge on any atom is 0.296 e. The Kier molecular flexibility index (Phi) is 4.19. The molecule has 1 aliphatic carbocycles. The molecule has 32 heavy (non-hydrogen) atoms. The van der Waals surface area contributed by atoms with Gasteiger partial charge in [0, 0.05) is 49.1 Å². The summed E-state index contributed by atoms with van der Waals surface area (Å²) in [7, 11) is 2.02. The lowest BCUT2D eigenvalue weighted by molar-refractivity contribution is 0.312. The number of imidazole rings is 1. The molecule has 1 aromatic carbocycles. The van der Waals surface area contributed by atoms with Crippen LogP contribution in [0.1, 0.15) is 30.1 Å². The van der Waals surface area contributed by atoms with Crippen LogP contribution in [0.2, 0.25) is 0 Å². The molecule has 0 N–H and O–H groups in total. The predicted molar refractivity (Wildman–Crippen MR) is 110 cm³/mol. The van der Waals surface area contributed by atoms with Crippen molar-refractivity contribution in [1.29, 1.82) is 0 Å². The number of hydrogen-bond acceptors (Lipinski definition) is 7. The Morgan fingerprint density at radius 1 is 1.03 bits per heavy atom. The first kappa shape index (κ1) is 19.5. The molecular formula is C21H20F3N7O. The number of likely N-dealkylation sites (N-methyl/N-ethyl adjacent to an activating group) is 1. The number of fused-ring (bicyclic) bond motifs is 3. The molecule has 0 atom stereocenters. The van der Waals surface area contributed by atoms with Gasteiger partial charge in [0.25, 0.3) is 12.0 Å². The van der Waals surface area contributed by atoms with Gasteiger partial charge in [-0.15, -0.1) is 0 Å². The van der Waals surface area contributed by atoms with Crippen LogP contribution in [-0.4, -0.2) is 62.6 Å². The van der Waals surface area contributed by atoms with Gasteiger partial charge in [-0.25, -0.2) is 13.8 Å². The monoisotopic (exact) mass is 443 g/mol. The summed E-state index contributed by atoms with van der Waals surface area (Å²) in [6, 6.07) is 0.990. The van der Waals surface area contributed by atoms with E-state index >= 15 is 4.39 Å². The Balaban J connectivity index is 1.64. The van der Waals surface area contributed by atoms with Crippen LogP contribution in [0.25, 0.3) is 28.1 Å². The minimum Gasteiger partial charge on any atom is -0.353 e. The molecule has 0 unspecified atom stereocenters. The number of hydrogen-bond donors (Lipinski definition) is 0. The van der Waals surface area contributed by atoms with E-state index in [1.54, 1.807) is 0 Å². The van der Waals surface area contributed by atoms with Crippen LogP contribution in [0.4, 0.5) is 19.0 Å². The summed E-state index contributed by atoms with van der Waals surface area (Å²) in [6.07, 6.45) is 1.06. The fourth-order valence-corrected chi connectivity index (χ4v) is 4.28. The molecule has 0 spiro atoms. The van der Waals surface area contributed by atoms with E-state index in [9.17, 15) is 8.78 Å². The summed E-state index contributed by atoms with van der Waals surface area (Å²) < 4.78 is 50.5. The van der Waals surface area contributed by atoms with Gasteiger partial charge >= 0.3 is 0 Å². The van der Waals surface area contributed by atoms with E-state index in [2.05, 4.69) is 20.0 Å². The summed E-state index contributed by atoms with van der Waals surface area (Å²) in [6.45, 7) is 4.33. The van der Waals surface area contributed by atoms with Gasteiger partial charge in [0.05, 0.1) is 5.52 Å². The summed E-state index contributed by atoms with van der Waals surface area (Å²) in [4.78, 5) is 17.2. The summed E-state index contributed by atoms with van der Waals surface area (Å²) in [5, 5.41) is 4.34. The number of halogens is 3. The third kappa shape index (κ3) is 2.87. The van der Waals surface area contributed by atoms with Crippen molar-refractivity contribution in [2.75, 3.05) is 38.1 Å². The first-order valence-electron chi connectivity index (χ1n) is 10.6. The number of aryl methyl sites for hydroxylation is 1. The second-order valence-corrected chi connectivity index (χ2v) is 8.54. The molecule has 1 saturated heterocycles. The van der Waals surface area contributed by atoms with Crippen molar-refractivity contribution in [2.24, 2.45) is 0 Å². The SMILES string of the molecule is Cc1c(F)c(F)cc2c1c(N1CCN(C)CC1)nc1c(-c3nc(C4CC4)no3)nc(F)n12. The van der Waals surface area contributed by atoms with Crippen molar-refractivity contribution in [1.82, 2.24) is 29.4 Å².